The molecule has 2 aromatic rings. The van der Waals surface area contributed by atoms with Crippen LogP contribution in [-0.4, -0.2) is 34.8 Å². The second-order valence-corrected chi connectivity index (χ2v) is 5.47. The zero-order valence-corrected chi connectivity index (χ0v) is 12.2. The summed E-state index contributed by atoms with van der Waals surface area (Å²) >= 11 is 0. The first-order valence-electron chi connectivity index (χ1n) is 6.90. The van der Waals surface area contributed by atoms with E-state index in [1.807, 2.05) is 38.1 Å². The second-order valence-electron chi connectivity index (χ2n) is 5.47. The molecule has 1 aliphatic rings. The number of hydrogen-bond acceptors (Lipinski definition) is 3. The van der Waals surface area contributed by atoms with Gasteiger partial charge in [-0.15, -0.1) is 0 Å². The zero-order chi connectivity index (χ0) is 15.1. The number of imide groups is 1. The van der Waals surface area contributed by atoms with E-state index in [1.165, 1.54) is 7.05 Å². The minimum absolute atomic E-state index is 0.0726. The maximum absolute atomic E-state index is 12.4. The molecule has 3 rings (SSSR count). The number of aromatic nitrogens is 1. The summed E-state index contributed by atoms with van der Waals surface area (Å²) < 4.78 is 0. The molecule has 2 N–H and O–H groups in total. The number of H-pyrrole nitrogens is 1. The van der Waals surface area contributed by atoms with Crippen LogP contribution in [0.4, 0.5) is 0 Å². The number of rotatable bonds is 3. The number of amides is 2. The molecule has 0 spiro atoms. The molecule has 0 unspecified atom stereocenters. The molecule has 5 heteroatoms. The Bertz CT molecular complexity index is 771. The largest absolute Gasteiger partial charge is 0.378 e. The lowest BCUT2D eigenvalue weighted by atomic mass is 10.0. The van der Waals surface area contributed by atoms with Crippen molar-refractivity contribution >= 4 is 28.3 Å². The Balaban J connectivity index is 2.23. The molecule has 1 aromatic heterocycles. The van der Waals surface area contributed by atoms with Crippen LogP contribution in [0.2, 0.25) is 0 Å². The van der Waals surface area contributed by atoms with Crippen LogP contribution in [0.3, 0.4) is 0 Å². The molecule has 0 aliphatic carbocycles. The van der Waals surface area contributed by atoms with Gasteiger partial charge in [-0.05, 0) is 19.9 Å². The molecule has 1 aliphatic heterocycles. The summed E-state index contributed by atoms with van der Waals surface area (Å²) in [6, 6.07) is 7.80. The van der Waals surface area contributed by atoms with E-state index in [2.05, 4.69) is 10.3 Å². The van der Waals surface area contributed by atoms with Crippen molar-refractivity contribution in [1.29, 1.82) is 0 Å². The molecule has 21 heavy (non-hydrogen) atoms. The van der Waals surface area contributed by atoms with E-state index in [0.717, 1.165) is 21.4 Å². The predicted octanol–water partition coefficient (Wildman–Crippen LogP) is 1.88. The van der Waals surface area contributed by atoms with Crippen LogP contribution in [-0.2, 0) is 9.59 Å². The van der Waals surface area contributed by atoms with Crippen molar-refractivity contribution in [2.24, 2.45) is 0 Å². The van der Waals surface area contributed by atoms with Gasteiger partial charge in [-0.1, -0.05) is 18.2 Å². The number of benzene rings is 1. The van der Waals surface area contributed by atoms with Crippen LogP contribution in [0.5, 0.6) is 0 Å². The Morgan fingerprint density at radius 2 is 1.86 bits per heavy atom. The van der Waals surface area contributed by atoms with Crippen molar-refractivity contribution in [1.82, 2.24) is 15.2 Å². The Morgan fingerprint density at radius 1 is 1.14 bits per heavy atom. The molecule has 0 bridgehead atoms. The van der Waals surface area contributed by atoms with Gasteiger partial charge < -0.3 is 10.3 Å². The molecular weight excluding hydrogens is 266 g/mol. The normalized spacial score (nSPS) is 15.7. The third-order valence-electron chi connectivity index (χ3n) is 3.58. The number of likely N-dealkylation sites (N-methyl/N-ethyl adjacent to an activating group) is 1. The van der Waals surface area contributed by atoms with Crippen LogP contribution in [0.25, 0.3) is 16.5 Å². The smallest absolute Gasteiger partial charge is 0.277 e. The molecule has 0 radical (unpaired) electrons. The highest BCUT2D eigenvalue weighted by atomic mass is 16.2. The summed E-state index contributed by atoms with van der Waals surface area (Å²) in [5.74, 6) is -0.554. The minimum atomic E-state index is -0.283. The van der Waals surface area contributed by atoms with E-state index in [4.69, 9.17) is 0 Å². The van der Waals surface area contributed by atoms with Gasteiger partial charge in [-0.25, -0.2) is 0 Å². The highest BCUT2D eigenvalue weighted by Crippen LogP contribution is 2.32. The van der Waals surface area contributed by atoms with Crippen molar-refractivity contribution in [3.8, 4) is 0 Å². The van der Waals surface area contributed by atoms with Crippen molar-refractivity contribution in [3.63, 3.8) is 0 Å². The molecule has 0 saturated heterocycles. The SMILES string of the molecule is CC(C)NC1=C(c2c[nH]c3ccccc23)C(=O)N(C)C1=O. The Morgan fingerprint density at radius 3 is 2.57 bits per heavy atom. The van der Waals surface area contributed by atoms with E-state index >= 15 is 0 Å². The predicted molar refractivity (Wildman–Crippen MR) is 81.3 cm³/mol. The fourth-order valence-corrected chi connectivity index (χ4v) is 2.59. The topological polar surface area (TPSA) is 65.2 Å². The molecule has 0 atom stereocenters. The zero-order valence-electron chi connectivity index (χ0n) is 12.2. The Labute approximate surface area is 122 Å². The van der Waals surface area contributed by atoms with Gasteiger partial charge in [0.05, 0.1) is 5.57 Å². The van der Waals surface area contributed by atoms with Crippen LogP contribution in [0, 0.1) is 0 Å². The fourth-order valence-electron chi connectivity index (χ4n) is 2.59. The van der Waals surface area contributed by atoms with Gasteiger partial charge >= 0.3 is 0 Å². The number of aromatic amines is 1. The monoisotopic (exact) mass is 283 g/mol. The number of fused-ring (bicyclic) bond motifs is 1. The van der Waals surface area contributed by atoms with E-state index in [9.17, 15) is 9.59 Å². The number of carbonyl (C=O) groups excluding carboxylic acids is 2. The first kappa shape index (κ1) is 13.4. The third-order valence-corrected chi connectivity index (χ3v) is 3.58. The molecule has 108 valence electrons. The molecule has 0 saturated carbocycles. The summed E-state index contributed by atoms with van der Waals surface area (Å²) in [4.78, 5) is 29.0. The number of hydrogen-bond donors (Lipinski definition) is 2. The number of para-hydroxylation sites is 1. The van der Waals surface area contributed by atoms with Gasteiger partial charge in [0, 0.05) is 35.8 Å². The van der Waals surface area contributed by atoms with E-state index < -0.39 is 0 Å². The van der Waals surface area contributed by atoms with Gasteiger partial charge in [0.2, 0.25) is 0 Å². The van der Waals surface area contributed by atoms with Crippen LogP contribution >= 0.6 is 0 Å². The third kappa shape index (κ3) is 2.01. The Kier molecular flexibility index (Phi) is 3.05. The first-order valence-corrected chi connectivity index (χ1v) is 6.90. The van der Waals surface area contributed by atoms with Crippen LogP contribution < -0.4 is 5.32 Å². The van der Waals surface area contributed by atoms with Gasteiger partial charge in [0.1, 0.15) is 5.70 Å². The highest BCUT2D eigenvalue weighted by Gasteiger charge is 2.37. The lowest BCUT2D eigenvalue weighted by Gasteiger charge is -2.11. The van der Waals surface area contributed by atoms with Gasteiger partial charge in [-0.3, -0.25) is 14.5 Å². The summed E-state index contributed by atoms with van der Waals surface area (Å²) in [7, 11) is 1.51. The van der Waals surface area contributed by atoms with Crippen LogP contribution in [0.15, 0.2) is 36.2 Å². The first-order chi connectivity index (χ1) is 10.0. The van der Waals surface area contributed by atoms with Crippen LogP contribution in [0.1, 0.15) is 19.4 Å². The van der Waals surface area contributed by atoms with Gasteiger partial charge in [0.15, 0.2) is 0 Å². The molecule has 1 aromatic carbocycles. The maximum Gasteiger partial charge on any atom is 0.277 e. The van der Waals surface area contributed by atoms with E-state index in [0.29, 0.717) is 11.3 Å². The summed E-state index contributed by atoms with van der Waals surface area (Å²) in [6.07, 6.45) is 1.78. The van der Waals surface area contributed by atoms with Gasteiger partial charge in [-0.2, -0.15) is 0 Å². The van der Waals surface area contributed by atoms with Crippen molar-refractivity contribution in [2.75, 3.05) is 7.05 Å². The lowest BCUT2D eigenvalue weighted by molar-refractivity contribution is -0.135. The summed E-state index contributed by atoms with van der Waals surface area (Å²) in [6.45, 7) is 3.88. The fraction of sp³-hybridized carbons (Fsp3) is 0.250. The van der Waals surface area contributed by atoms with Crippen molar-refractivity contribution in [2.45, 2.75) is 19.9 Å². The molecule has 2 amide bonds. The molecular formula is C16H17N3O2. The molecule has 0 fully saturated rings. The number of nitrogens with zero attached hydrogens (tertiary/aromatic N) is 1. The highest BCUT2D eigenvalue weighted by molar-refractivity contribution is 6.36. The maximum atomic E-state index is 12.4. The quantitative estimate of drug-likeness (QED) is 0.845. The lowest BCUT2D eigenvalue weighted by Crippen LogP contribution is -2.32. The number of carbonyl (C=O) groups is 2. The molecule has 2 heterocycles. The average Bonchev–Trinajstić information content (AvgIpc) is 2.95. The van der Waals surface area contributed by atoms with E-state index in [1.54, 1.807) is 6.20 Å². The second kappa shape index (κ2) is 4.77. The van der Waals surface area contributed by atoms with Crippen molar-refractivity contribution in [3.05, 3.63) is 41.7 Å². The summed E-state index contributed by atoms with van der Waals surface area (Å²) in [5, 5.41) is 4.05. The molecule has 5 nitrogen and oxygen atoms in total. The number of nitrogens with one attached hydrogen (secondary N) is 2. The van der Waals surface area contributed by atoms with Gasteiger partial charge in [0.25, 0.3) is 11.8 Å². The standard InChI is InChI=1S/C16H17N3O2/c1-9(2)18-14-13(15(20)19(3)16(14)21)11-8-17-12-7-5-4-6-10(11)12/h4-9,17-18H,1-3H3. The summed E-state index contributed by atoms with van der Waals surface area (Å²) in [5.41, 5.74) is 2.52. The van der Waals surface area contributed by atoms with E-state index in [-0.39, 0.29) is 17.9 Å². The van der Waals surface area contributed by atoms with Crippen molar-refractivity contribution < 1.29 is 9.59 Å². The Hall–Kier alpha value is -2.56. The average molecular weight is 283 g/mol. The minimum Gasteiger partial charge on any atom is -0.378 e.